The highest BCUT2D eigenvalue weighted by Gasteiger charge is 2.14. The van der Waals surface area contributed by atoms with E-state index in [0.29, 0.717) is 13.1 Å². The summed E-state index contributed by atoms with van der Waals surface area (Å²) in [6, 6.07) is 19.4. The summed E-state index contributed by atoms with van der Waals surface area (Å²) in [4.78, 5) is 24.7. The van der Waals surface area contributed by atoms with Crippen LogP contribution in [0, 0.1) is 0 Å². The van der Waals surface area contributed by atoms with Crippen LogP contribution in [0.1, 0.15) is 11.1 Å². The van der Waals surface area contributed by atoms with E-state index in [1.54, 1.807) is 4.90 Å². The highest BCUT2D eigenvalue weighted by Crippen LogP contribution is 2.04. The van der Waals surface area contributed by atoms with Crippen molar-refractivity contribution in [3.63, 3.8) is 0 Å². The van der Waals surface area contributed by atoms with Crippen molar-refractivity contribution in [2.24, 2.45) is 0 Å². The number of carboxylic acids is 1. The standard InChI is InChI=1S/C19H22N2O3/c22-18(20-12-11-16-7-3-1-4-8-16)14-21(15-19(23)24)13-17-9-5-2-6-10-17/h1-10H,11-15H2,(H,20,22)(H,23,24). The van der Waals surface area contributed by atoms with Crippen molar-refractivity contribution in [1.29, 1.82) is 0 Å². The summed E-state index contributed by atoms with van der Waals surface area (Å²) in [6.45, 7) is 0.866. The van der Waals surface area contributed by atoms with E-state index in [1.807, 2.05) is 60.7 Å². The molecule has 2 aromatic carbocycles. The third-order valence-electron chi connectivity index (χ3n) is 3.55. The zero-order chi connectivity index (χ0) is 17.2. The molecule has 5 heteroatoms. The topological polar surface area (TPSA) is 69.6 Å². The summed E-state index contributed by atoms with van der Waals surface area (Å²) in [6.07, 6.45) is 0.754. The second-order valence-corrected chi connectivity index (χ2v) is 5.61. The van der Waals surface area contributed by atoms with Crippen molar-refractivity contribution in [2.45, 2.75) is 13.0 Å². The molecule has 0 heterocycles. The number of benzene rings is 2. The molecule has 0 radical (unpaired) electrons. The van der Waals surface area contributed by atoms with Crippen molar-refractivity contribution in [1.82, 2.24) is 10.2 Å². The predicted octanol–water partition coefficient (Wildman–Crippen LogP) is 1.93. The molecule has 2 N–H and O–H groups in total. The molecule has 24 heavy (non-hydrogen) atoms. The Balaban J connectivity index is 1.81. The number of carbonyl (C=O) groups excluding carboxylic acids is 1. The largest absolute Gasteiger partial charge is 0.480 e. The van der Waals surface area contributed by atoms with Crippen LogP contribution in [-0.2, 0) is 22.6 Å². The minimum atomic E-state index is -0.942. The van der Waals surface area contributed by atoms with E-state index in [0.717, 1.165) is 17.5 Å². The number of hydrogen-bond acceptors (Lipinski definition) is 3. The third-order valence-corrected chi connectivity index (χ3v) is 3.55. The van der Waals surface area contributed by atoms with Crippen molar-refractivity contribution in [3.8, 4) is 0 Å². The average Bonchev–Trinajstić information content (AvgIpc) is 2.56. The Kier molecular flexibility index (Phi) is 6.98. The molecule has 0 aromatic heterocycles. The fourth-order valence-electron chi connectivity index (χ4n) is 2.45. The number of nitrogens with zero attached hydrogens (tertiary/aromatic N) is 1. The molecule has 0 fully saturated rings. The molecule has 0 aliphatic heterocycles. The fourth-order valence-corrected chi connectivity index (χ4v) is 2.45. The second-order valence-electron chi connectivity index (χ2n) is 5.61. The van der Waals surface area contributed by atoms with Gasteiger partial charge in [0.2, 0.25) is 5.91 Å². The molecule has 2 aromatic rings. The van der Waals surface area contributed by atoms with Gasteiger partial charge in [-0.2, -0.15) is 0 Å². The minimum Gasteiger partial charge on any atom is -0.480 e. The molecule has 126 valence electrons. The summed E-state index contributed by atoms with van der Waals surface area (Å²) in [7, 11) is 0. The maximum Gasteiger partial charge on any atom is 0.317 e. The molecule has 0 aliphatic rings. The Labute approximate surface area is 141 Å². The van der Waals surface area contributed by atoms with E-state index in [4.69, 9.17) is 5.11 Å². The van der Waals surface area contributed by atoms with E-state index in [-0.39, 0.29) is 19.0 Å². The highest BCUT2D eigenvalue weighted by molar-refractivity contribution is 5.79. The Bertz CT molecular complexity index is 644. The molecule has 0 bridgehead atoms. The molecular weight excluding hydrogens is 304 g/mol. The lowest BCUT2D eigenvalue weighted by Crippen LogP contribution is -2.40. The first-order valence-electron chi connectivity index (χ1n) is 7.92. The van der Waals surface area contributed by atoms with E-state index in [2.05, 4.69) is 5.32 Å². The van der Waals surface area contributed by atoms with E-state index < -0.39 is 5.97 Å². The molecule has 0 spiro atoms. The summed E-state index contributed by atoms with van der Waals surface area (Å²) >= 11 is 0. The molecule has 1 amide bonds. The smallest absolute Gasteiger partial charge is 0.317 e. The second kappa shape index (κ2) is 9.47. The van der Waals surface area contributed by atoms with Crippen LogP contribution in [0.15, 0.2) is 60.7 Å². The monoisotopic (exact) mass is 326 g/mol. The van der Waals surface area contributed by atoms with Crippen LogP contribution in [-0.4, -0.2) is 41.5 Å². The number of amides is 1. The number of nitrogens with one attached hydrogen (secondary N) is 1. The van der Waals surface area contributed by atoms with Gasteiger partial charge in [0, 0.05) is 13.1 Å². The molecule has 5 nitrogen and oxygen atoms in total. The summed E-state index contributed by atoms with van der Waals surface area (Å²) in [5, 5.41) is 11.9. The first-order valence-corrected chi connectivity index (χ1v) is 7.92. The van der Waals surface area contributed by atoms with Gasteiger partial charge in [-0.05, 0) is 17.5 Å². The molecule has 0 saturated heterocycles. The number of carbonyl (C=O) groups is 2. The minimum absolute atomic E-state index is 0.0655. The number of aliphatic carboxylic acids is 1. The van der Waals surface area contributed by atoms with Crippen LogP contribution < -0.4 is 5.32 Å². The van der Waals surface area contributed by atoms with Crippen LogP contribution in [0.4, 0.5) is 0 Å². The SMILES string of the molecule is O=C(O)CN(CC(=O)NCCc1ccccc1)Cc1ccccc1. The van der Waals surface area contributed by atoms with Crippen molar-refractivity contribution in [2.75, 3.05) is 19.6 Å². The zero-order valence-corrected chi connectivity index (χ0v) is 13.5. The zero-order valence-electron chi connectivity index (χ0n) is 13.5. The van der Waals surface area contributed by atoms with Gasteiger partial charge in [-0.1, -0.05) is 60.7 Å². The first-order chi connectivity index (χ1) is 11.6. The van der Waals surface area contributed by atoms with Gasteiger partial charge < -0.3 is 10.4 Å². The highest BCUT2D eigenvalue weighted by atomic mass is 16.4. The van der Waals surface area contributed by atoms with E-state index in [9.17, 15) is 9.59 Å². The Morgan fingerprint density at radius 3 is 2.04 bits per heavy atom. The lowest BCUT2D eigenvalue weighted by molar-refractivity contribution is -0.138. The number of hydrogen-bond donors (Lipinski definition) is 2. The summed E-state index contributed by atoms with van der Waals surface area (Å²) in [5.74, 6) is -1.11. The van der Waals surface area contributed by atoms with Crippen molar-refractivity contribution in [3.05, 3.63) is 71.8 Å². The summed E-state index contributed by atoms with van der Waals surface area (Å²) < 4.78 is 0. The Morgan fingerprint density at radius 1 is 0.875 bits per heavy atom. The lowest BCUT2D eigenvalue weighted by atomic mass is 10.1. The van der Waals surface area contributed by atoms with Gasteiger partial charge in [0.1, 0.15) is 0 Å². The van der Waals surface area contributed by atoms with Crippen LogP contribution >= 0.6 is 0 Å². The Morgan fingerprint density at radius 2 is 1.46 bits per heavy atom. The van der Waals surface area contributed by atoms with Crippen LogP contribution in [0.5, 0.6) is 0 Å². The number of carboxylic acid groups (broad SMARTS) is 1. The first kappa shape index (κ1) is 17.7. The fraction of sp³-hybridized carbons (Fsp3) is 0.263. The average molecular weight is 326 g/mol. The maximum absolute atomic E-state index is 12.1. The molecule has 2 rings (SSSR count). The van der Waals surface area contributed by atoms with Gasteiger partial charge in [-0.3, -0.25) is 14.5 Å². The van der Waals surface area contributed by atoms with Gasteiger partial charge in [0.25, 0.3) is 0 Å². The van der Waals surface area contributed by atoms with Gasteiger partial charge in [0.05, 0.1) is 13.1 Å². The van der Waals surface area contributed by atoms with Gasteiger partial charge >= 0.3 is 5.97 Å². The van der Waals surface area contributed by atoms with Crippen molar-refractivity contribution < 1.29 is 14.7 Å². The van der Waals surface area contributed by atoms with Gasteiger partial charge in [-0.15, -0.1) is 0 Å². The molecular formula is C19H22N2O3. The normalized spacial score (nSPS) is 10.5. The van der Waals surface area contributed by atoms with Gasteiger partial charge in [-0.25, -0.2) is 0 Å². The maximum atomic E-state index is 12.1. The Hall–Kier alpha value is -2.66. The van der Waals surface area contributed by atoms with E-state index >= 15 is 0 Å². The predicted molar refractivity (Wildman–Crippen MR) is 92.5 cm³/mol. The summed E-state index contributed by atoms with van der Waals surface area (Å²) in [5.41, 5.74) is 2.14. The van der Waals surface area contributed by atoms with E-state index in [1.165, 1.54) is 0 Å². The molecule has 0 atom stereocenters. The van der Waals surface area contributed by atoms with Crippen molar-refractivity contribution >= 4 is 11.9 Å². The quantitative estimate of drug-likeness (QED) is 0.739. The molecule has 0 saturated carbocycles. The number of rotatable bonds is 9. The molecule has 0 aliphatic carbocycles. The van der Waals surface area contributed by atoms with Gasteiger partial charge in [0.15, 0.2) is 0 Å². The van der Waals surface area contributed by atoms with Crippen LogP contribution in [0.2, 0.25) is 0 Å². The van der Waals surface area contributed by atoms with Crippen LogP contribution in [0.3, 0.4) is 0 Å². The molecule has 0 unspecified atom stereocenters. The lowest BCUT2D eigenvalue weighted by Gasteiger charge is -2.19. The third kappa shape index (κ3) is 6.62. The van der Waals surface area contributed by atoms with Crippen LogP contribution in [0.25, 0.3) is 0 Å².